The molecule has 3 rings (SSSR count). The third-order valence-electron chi connectivity index (χ3n) is 5.40. The second kappa shape index (κ2) is 16.2. The van der Waals surface area contributed by atoms with Gasteiger partial charge in [0, 0.05) is 0 Å². The molecule has 27 heavy (non-hydrogen) atoms. The van der Waals surface area contributed by atoms with E-state index in [-0.39, 0.29) is 14.9 Å². The highest BCUT2D eigenvalue weighted by molar-refractivity contribution is 5.44. The van der Waals surface area contributed by atoms with Gasteiger partial charge >= 0.3 is 0 Å². The quantitative estimate of drug-likeness (QED) is 0.421. The molecule has 0 spiro atoms. The maximum atomic E-state index is 2.54. The summed E-state index contributed by atoms with van der Waals surface area (Å²) in [6.07, 6.45) is 6.39. The topological polar surface area (TPSA) is 0 Å². The third-order valence-corrected chi connectivity index (χ3v) is 5.40. The Balaban J connectivity index is -0.000000506. The van der Waals surface area contributed by atoms with Crippen LogP contribution in [0.25, 0.3) is 0 Å². The van der Waals surface area contributed by atoms with Crippen LogP contribution in [0.15, 0.2) is 12.1 Å². The lowest BCUT2D eigenvalue weighted by atomic mass is 9.76. The highest BCUT2D eigenvalue weighted by Gasteiger charge is 2.29. The van der Waals surface area contributed by atoms with Crippen LogP contribution in [0.2, 0.25) is 0 Å². The van der Waals surface area contributed by atoms with E-state index in [2.05, 4.69) is 67.5 Å². The average molecular weight is 379 g/mol. The molecule has 0 saturated heterocycles. The smallest absolute Gasteiger partial charge is 0.0159 e. The lowest BCUT2D eigenvalue weighted by Crippen LogP contribution is -2.21. The van der Waals surface area contributed by atoms with E-state index >= 15 is 0 Å². The van der Waals surface area contributed by atoms with Crippen molar-refractivity contribution in [3.05, 3.63) is 34.4 Å². The molecular formula is C27H54. The number of hydrogen-bond acceptors (Lipinski definition) is 0. The van der Waals surface area contributed by atoms with Gasteiger partial charge in [-0.05, 0) is 65.2 Å². The first-order chi connectivity index (χ1) is 11.9. The largest absolute Gasteiger partial charge is 0.0776 e. The monoisotopic (exact) mass is 378 g/mol. The highest BCUT2D eigenvalue weighted by atomic mass is 14.3. The Bertz CT molecular complexity index is 469. The molecule has 1 aromatic carbocycles. The normalized spacial score (nSPS) is 23.9. The van der Waals surface area contributed by atoms with E-state index < -0.39 is 0 Å². The van der Waals surface area contributed by atoms with Gasteiger partial charge in [-0.3, -0.25) is 0 Å². The lowest BCUT2D eigenvalue weighted by molar-refractivity contribution is 0.361. The Morgan fingerprint density at radius 2 is 0.963 bits per heavy atom. The van der Waals surface area contributed by atoms with Crippen LogP contribution in [0.3, 0.4) is 0 Å². The van der Waals surface area contributed by atoms with Gasteiger partial charge in [0.1, 0.15) is 0 Å². The molecule has 0 N–H and O–H groups in total. The third kappa shape index (κ3) is 8.84. The van der Waals surface area contributed by atoms with Crippen molar-refractivity contribution in [2.75, 3.05) is 0 Å². The molecule has 0 unspecified atom stereocenters. The van der Waals surface area contributed by atoms with E-state index in [1.807, 2.05) is 13.8 Å². The molecule has 0 bridgehead atoms. The molecule has 2 aliphatic carbocycles. The summed E-state index contributed by atoms with van der Waals surface area (Å²) in [5.74, 6) is 3.32. The van der Waals surface area contributed by atoms with Crippen molar-refractivity contribution in [1.82, 2.24) is 0 Å². The van der Waals surface area contributed by atoms with Crippen molar-refractivity contribution >= 4 is 0 Å². The SMILES string of the molecule is C.C.CC.CCC.CCC.C[C@@H]1Cc2cc3c(cc2C[C@@H]1C)C[C@@H](C)[C@H]3C. The Morgan fingerprint density at radius 1 is 0.630 bits per heavy atom. The number of benzene rings is 1. The van der Waals surface area contributed by atoms with Crippen LogP contribution in [0.5, 0.6) is 0 Å². The molecule has 1 aromatic rings. The minimum absolute atomic E-state index is 0. The summed E-state index contributed by atoms with van der Waals surface area (Å²) >= 11 is 0. The zero-order valence-electron chi connectivity index (χ0n) is 19.0. The molecule has 0 aliphatic heterocycles. The molecule has 0 aromatic heterocycles. The van der Waals surface area contributed by atoms with Crippen molar-refractivity contribution in [2.24, 2.45) is 17.8 Å². The fourth-order valence-electron chi connectivity index (χ4n) is 3.67. The number of rotatable bonds is 0. The molecule has 0 heterocycles. The van der Waals surface area contributed by atoms with Crippen LogP contribution in [-0.4, -0.2) is 0 Å². The van der Waals surface area contributed by atoms with Crippen LogP contribution in [-0.2, 0) is 19.3 Å². The first kappa shape index (κ1) is 30.9. The molecule has 0 heteroatoms. The van der Waals surface area contributed by atoms with Crippen molar-refractivity contribution in [3.63, 3.8) is 0 Å². The zero-order chi connectivity index (χ0) is 19.6. The van der Waals surface area contributed by atoms with Crippen molar-refractivity contribution in [1.29, 1.82) is 0 Å². The number of fused-ring (bicyclic) bond motifs is 2. The minimum atomic E-state index is 0. The fraction of sp³-hybridized carbons (Fsp3) is 0.778. The minimum Gasteiger partial charge on any atom is -0.0776 e. The van der Waals surface area contributed by atoms with E-state index in [1.54, 1.807) is 22.3 Å². The van der Waals surface area contributed by atoms with Crippen LogP contribution < -0.4 is 0 Å². The molecular weight excluding hydrogens is 324 g/mol. The molecule has 0 saturated carbocycles. The molecule has 0 fully saturated rings. The maximum absolute atomic E-state index is 2.54. The summed E-state index contributed by atoms with van der Waals surface area (Å²) in [5.41, 5.74) is 6.59. The van der Waals surface area contributed by atoms with E-state index in [1.165, 1.54) is 32.1 Å². The predicted molar refractivity (Wildman–Crippen MR) is 130 cm³/mol. The van der Waals surface area contributed by atoms with Gasteiger partial charge in [-0.15, -0.1) is 0 Å². The molecule has 4 atom stereocenters. The highest BCUT2D eigenvalue weighted by Crippen LogP contribution is 2.41. The second-order valence-corrected chi connectivity index (χ2v) is 8.07. The molecule has 0 radical (unpaired) electrons. The van der Waals surface area contributed by atoms with Gasteiger partial charge in [-0.2, -0.15) is 0 Å². The van der Waals surface area contributed by atoms with Gasteiger partial charge in [0.2, 0.25) is 0 Å². The molecule has 2 aliphatic rings. The van der Waals surface area contributed by atoms with Crippen molar-refractivity contribution in [3.8, 4) is 0 Å². The average Bonchev–Trinajstić information content (AvgIpc) is 2.84. The van der Waals surface area contributed by atoms with Gasteiger partial charge in [0.15, 0.2) is 0 Å². The van der Waals surface area contributed by atoms with E-state index in [9.17, 15) is 0 Å². The Kier molecular flexibility index (Phi) is 18.6. The van der Waals surface area contributed by atoms with Crippen LogP contribution in [0.1, 0.15) is 125 Å². The summed E-state index contributed by atoms with van der Waals surface area (Å²) in [4.78, 5) is 0. The van der Waals surface area contributed by atoms with Gasteiger partial charge < -0.3 is 0 Å². The fourth-order valence-corrected chi connectivity index (χ4v) is 3.67. The Hall–Kier alpha value is -0.780. The number of hydrogen-bond donors (Lipinski definition) is 0. The molecule has 162 valence electrons. The zero-order valence-corrected chi connectivity index (χ0v) is 19.0. The van der Waals surface area contributed by atoms with Crippen molar-refractivity contribution in [2.45, 2.75) is 122 Å². The van der Waals surface area contributed by atoms with Gasteiger partial charge in [-0.1, -0.05) is 109 Å². The van der Waals surface area contributed by atoms with Gasteiger partial charge in [-0.25, -0.2) is 0 Å². The molecule has 0 amide bonds. The predicted octanol–water partition coefficient (Wildman–Crippen LogP) is 9.48. The van der Waals surface area contributed by atoms with Crippen LogP contribution in [0.4, 0.5) is 0 Å². The summed E-state index contributed by atoms with van der Waals surface area (Å²) in [7, 11) is 0. The second-order valence-electron chi connectivity index (χ2n) is 8.07. The summed E-state index contributed by atoms with van der Waals surface area (Å²) in [6.45, 7) is 22.1. The first-order valence-electron chi connectivity index (χ1n) is 11.0. The summed E-state index contributed by atoms with van der Waals surface area (Å²) < 4.78 is 0. The Labute approximate surface area is 174 Å². The van der Waals surface area contributed by atoms with Crippen molar-refractivity contribution < 1.29 is 0 Å². The van der Waals surface area contributed by atoms with E-state index in [0.29, 0.717) is 0 Å². The summed E-state index contributed by atoms with van der Waals surface area (Å²) in [6, 6.07) is 5.08. The Morgan fingerprint density at radius 3 is 1.37 bits per heavy atom. The lowest BCUT2D eigenvalue weighted by Gasteiger charge is -2.29. The van der Waals surface area contributed by atoms with E-state index in [0.717, 1.165) is 23.7 Å². The standard InChI is InChI=1S/C17H24.2C3H8.C2H6.2CH4/c1-10-5-14-8-16-7-12(3)13(4)17(16)9-15(14)6-11(10)2;2*1-3-2;1-2;;/h8-13H,5-7H2,1-4H3;2*3H2,1-2H3;1-2H3;2*1H4/t10-,11+,12+,13+;;;;;/m0...../s1. The molecule has 0 nitrogen and oxygen atoms in total. The van der Waals surface area contributed by atoms with E-state index in [4.69, 9.17) is 0 Å². The van der Waals surface area contributed by atoms with Crippen LogP contribution >= 0.6 is 0 Å². The van der Waals surface area contributed by atoms with Crippen LogP contribution in [0, 0.1) is 17.8 Å². The summed E-state index contributed by atoms with van der Waals surface area (Å²) in [5, 5.41) is 0. The van der Waals surface area contributed by atoms with Gasteiger partial charge in [0.25, 0.3) is 0 Å². The van der Waals surface area contributed by atoms with Gasteiger partial charge in [0.05, 0.1) is 0 Å². The maximum Gasteiger partial charge on any atom is -0.0159 e. The first-order valence-corrected chi connectivity index (χ1v) is 11.0.